The molecule has 0 heterocycles. The van der Waals surface area contributed by atoms with Gasteiger partial charge in [-0.25, -0.2) is 4.79 Å². The first-order valence-corrected chi connectivity index (χ1v) is 7.37. The van der Waals surface area contributed by atoms with Gasteiger partial charge < -0.3 is 14.8 Å². The number of amides is 1. The number of hydrogen-bond acceptors (Lipinski definition) is 5. The Kier molecular flexibility index (Phi) is 6.08. The van der Waals surface area contributed by atoms with Gasteiger partial charge in [-0.15, -0.1) is 0 Å². The van der Waals surface area contributed by atoms with E-state index in [1.807, 2.05) is 0 Å². The zero-order valence-corrected chi connectivity index (χ0v) is 13.2. The van der Waals surface area contributed by atoms with Crippen molar-refractivity contribution >= 4 is 23.9 Å². The van der Waals surface area contributed by atoms with Crippen LogP contribution < -0.4 is 10.1 Å². The number of anilines is 1. The minimum Gasteiger partial charge on any atom is -0.482 e. The van der Waals surface area contributed by atoms with Crippen LogP contribution in [-0.4, -0.2) is 31.4 Å². The monoisotopic (exact) mass is 327 g/mol. The number of ether oxygens (including phenoxy) is 2. The highest BCUT2D eigenvalue weighted by Gasteiger charge is 2.10. The van der Waals surface area contributed by atoms with E-state index in [1.165, 1.54) is 0 Å². The average Bonchev–Trinajstić information content (AvgIpc) is 2.61. The van der Waals surface area contributed by atoms with Crippen LogP contribution in [0.5, 0.6) is 5.75 Å². The van der Waals surface area contributed by atoms with Crippen molar-refractivity contribution in [2.24, 2.45) is 0 Å². The molecule has 1 N–H and O–H groups in total. The van der Waals surface area contributed by atoms with Crippen LogP contribution >= 0.6 is 0 Å². The zero-order chi connectivity index (χ0) is 17.4. The molecule has 2 aromatic carbocycles. The third kappa shape index (κ3) is 4.67. The molecule has 0 fully saturated rings. The minimum absolute atomic E-state index is 0.149. The molecule has 6 heteroatoms. The van der Waals surface area contributed by atoms with Crippen LogP contribution in [-0.2, 0) is 14.3 Å². The van der Waals surface area contributed by atoms with Crippen LogP contribution in [0.25, 0.3) is 0 Å². The molecular weight excluding hydrogens is 310 g/mol. The second-order valence-corrected chi connectivity index (χ2v) is 4.79. The highest BCUT2D eigenvalue weighted by molar-refractivity contribution is 6.09. The minimum atomic E-state index is -0.443. The lowest BCUT2D eigenvalue weighted by Gasteiger charge is -2.07. The topological polar surface area (TPSA) is 81.7 Å². The maximum absolute atomic E-state index is 12.4. The van der Waals surface area contributed by atoms with Gasteiger partial charge in [-0.1, -0.05) is 0 Å². The normalized spacial score (nSPS) is 9.88. The smallest absolute Gasteiger partial charge is 0.344 e. The van der Waals surface area contributed by atoms with Gasteiger partial charge in [0.2, 0.25) is 6.41 Å². The molecule has 0 aliphatic heterocycles. The fraction of sp³-hybridized carbons (Fsp3) is 0.167. The molecule has 0 aliphatic carbocycles. The molecule has 1 amide bonds. The van der Waals surface area contributed by atoms with Gasteiger partial charge in [0.25, 0.3) is 0 Å². The van der Waals surface area contributed by atoms with E-state index in [4.69, 9.17) is 9.47 Å². The second kappa shape index (κ2) is 8.47. The summed E-state index contributed by atoms with van der Waals surface area (Å²) in [6.07, 6.45) is 0.575. The molecule has 24 heavy (non-hydrogen) atoms. The Bertz CT molecular complexity index is 707. The molecule has 0 saturated heterocycles. The van der Waals surface area contributed by atoms with Crippen LogP contribution in [0.3, 0.4) is 0 Å². The summed E-state index contributed by atoms with van der Waals surface area (Å²) in [5.74, 6) is -0.114. The molecule has 2 rings (SSSR count). The van der Waals surface area contributed by atoms with Gasteiger partial charge in [-0.3, -0.25) is 9.59 Å². The molecular formula is C18H17NO5. The number of ketones is 1. The number of hydrogen-bond donors (Lipinski definition) is 1. The van der Waals surface area contributed by atoms with Crippen LogP contribution in [0.4, 0.5) is 5.69 Å². The Morgan fingerprint density at radius 2 is 1.58 bits per heavy atom. The lowest BCUT2D eigenvalue weighted by Crippen LogP contribution is -2.14. The Balaban J connectivity index is 2.00. The van der Waals surface area contributed by atoms with Crippen LogP contribution in [0.1, 0.15) is 22.8 Å². The number of carbonyl (C=O) groups is 3. The van der Waals surface area contributed by atoms with Crippen LogP contribution in [0, 0.1) is 0 Å². The lowest BCUT2D eigenvalue weighted by molar-refractivity contribution is -0.145. The fourth-order valence-electron chi connectivity index (χ4n) is 2.00. The average molecular weight is 327 g/mol. The highest BCUT2D eigenvalue weighted by Crippen LogP contribution is 2.17. The molecule has 0 saturated carbocycles. The summed E-state index contributed by atoms with van der Waals surface area (Å²) in [5, 5.41) is 2.51. The van der Waals surface area contributed by atoms with Crippen LogP contribution in [0.15, 0.2) is 48.5 Å². The van der Waals surface area contributed by atoms with Crippen molar-refractivity contribution in [3.8, 4) is 5.75 Å². The summed E-state index contributed by atoms with van der Waals surface area (Å²) in [4.78, 5) is 34.0. The Morgan fingerprint density at radius 3 is 2.12 bits per heavy atom. The summed E-state index contributed by atoms with van der Waals surface area (Å²) in [6.45, 7) is 1.85. The van der Waals surface area contributed by atoms with E-state index in [0.29, 0.717) is 35.6 Å². The van der Waals surface area contributed by atoms with E-state index >= 15 is 0 Å². The molecule has 0 aromatic heterocycles. The molecule has 0 spiro atoms. The van der Waals surface area contributed by atoms with Gasteiger partial charge >= 0.3 is 5.97 Å². The lowest BCUT2D eigenvalue weighted by atomic mass is 10.0. The number of rotatable bonds is 8. The van der Waals surface area contributed by atoms with Crippen LogP contribution in [0.2, 0.25) is 0 Å². The van der Waals surface area contributed by atoms with Crippen molar-refractivity contribution in [3.63, 3.8) is 0 Å². The summed E-state index contributed by atoms with van der Waals surface area (Å²) >= 11 is 0. The number of carbonyl (C=O) groups excluding carboxylic acids is 3. The Morgan fingerprint density at radius 1 is 1.00 bits per heavy atom. The largest absolute Gasteiger partial charge is 0.482 e. The highest BCUT2D eigenvalue weighted by atomic mass is 16.6. The molecule has 0 aliphatic rings. The fourth-order valence-corrected chi connectivity index (χ4v) is 2.00. The van der Waals surface area contributed by atoms with E-state index in [9.17, 15) is 14.4 Å². The molecule has 2 aromatic rings. The number of benzene rings is 2. The Labute approximate surface area is 139 Å². The SMILES string of the molecule is CCOC(=O)COc1ccc(C(=O)c2ccc(NC=O)cc2)cc1. The quantitative estimate of drug-likeness (QED) is 0.457. The van der Waals surface area contributed by atoms with Crippen molar-refractivity contribution in [2.45, 2.75) is 6.92 Å². The van der Waals surface area contributed by atoms with Crippen molar-refractivity contribution in [3.05, 3.63) is 59.7 Å². The molecule has 6 nitrogen and oxygen atoms in total. The second-order valence-electron chi connectivity index (χ2n) is 4.79. The standard InChI is InChI=1S/C18H17NO5/c1-2-23-17(21)11-24-16-9-5-14(6-10-16)18(22)13-3-7-15(8-4-13)19-12-20/h3-10,12H,2,11H2,1H3,(H,19,20). The molecule has 0 radical (unpaired) electrons. The maximum Gasteiger partial charge on any atom is 0.344 e. The van der Waals surface area contributed by atoms with Gasteiger partial charge in [0, 0.05) is 16.8 Å². The van der Waals surface area contributed by atoms with E-state index in [0.717, 1.165) is 0 Å². The third-order valence-corrected chi connectivity index (χ3v) is 3.15. The van der Waals surface area contributed by atoms with E-state index < -0.39 is 5.97 Å². The Hall–Kier alpha value is -3.15. The first kappa shape index (κ1) is 17.2. The van der Waals surface area contributed by atoms with Gasteiger partial charge in [-0.2, -0.15) is 0 Å². The van der Waals surface area contributed by atoms with Gasteiger partial charge in [0.1, 0.15) is 5.75 Å². The first-order chi connectivity index (χ1) is 11.6. The first-order valence-electron chi connectivity index (χ1n) is 7.37. The maximum atomic E-state index is 12.4. The van der Waals surface area contributed by atoms with Gasteiger partial charge in [-0.05, 0) is 55.5 Å². The third-order valence-electron chi connectivity index (χ3n) is 3.15. The summed E-state index contributed by atoms with van der Waals surface area (Å²) in [5.41, 5.74) is 1.62. The van der Waals surface area contributed by atoms with E-state index in [-0.39, 0.29) is 12.4 Å². The zero-order valence-electron chi connectivity index (χ0n) is 13.2. The number of esters is 1. The molecule has 124 valence electrons. The van der Waals surface area contributed by atoms with E-state index in [2.05, 4.69) is 5.32 Å². The molecule has 0 atom stereocenters. The summed E-state index contributed by atoms with van der Waals surface area (Å²) in [7, 11) is 0. The van der Waals surface area contributed by atoms with Crippen molar-refractivity contribution < 1.29 is 23.9 Å². The number of nitrogens with one attached hydrogen (secondary N) is 1. The van der Waals surface area contributed by atoms with Crippen molar-refractivity contribution in [1.82, 2.24) is 0 Å². The summed E-state index contributed by atoms with van der Waals surface area (Å²) < 4.78 is 10.0. The van der Waals surface area contributed by atoms with E-state index in [1.54, 1.807) is 55.5 Å². The predicted octanol–water partition coefficient (Wildman–Crippen LogP) is 2.43. The van der Waals surface area contributed by atoms with Crippen molar-refractivity contribution in [2.75, 3.05) is 18.5 Å². The molecule has 0 bridgehead atoms. The molecule has 0 unspecified atom stereocenters. The summed E-state index contributed by atoms with van der Waals surface area (Å²) in [6, 6.07) is 13.1. The van der Waals surface area contributed by atoms with Gasteiger partial charge in [0.15, 0.2) is 12.4 Å². The predicted molar refractivity (Wildman–Crippen MR) is 88.1 cm³/mol. The van der Waals surface area contributed by atoms with Crippen molar-refractivity contribution in [1.29, 1.82) is 0 Å². The van der Waals surface area contributed by atoms with Gasteiger partial charge in [0.05, 0.1) is 6.61 Å².